The number of carbonyl (C=O) groups excluding carboxylic acids is 3. The Morgan fingerprint density at radius 1 is 1.12 bits per heavy atom. The van der Waals surface area contributed by atoms with E-state index in [4.69, 9.17) is 0 Å². The first-order valence-electron chi connectivity index (χ1n) is 8.53. The van der Waals surface area contributed by atoms with E-state index in [0.29, 0.717) is 32.6 Å². The molecule has 1 aromatic carbocycles. The molecule has 2 heterocycles. The van der Waals surface area contributed by atoms with Gasteiger partial charge in [0.2, 0.25) is 11.8 Å². The number of hydrogen-bond acceptors (Lipinski definition) is 3. The summed E-state index contributed by atoms with van der Waals surface area (Å²) in [5, 5.41) is 2.80. The fraction of sp³-hybridized carbons (Fsp3) is 0.500. The molecule has 1 aromatic rings. The predicted molar refractivity (Wildman–Crippen MR) is 89.1 cm³/mol. The van der Waals surface area contributed by atoms with Gasteiger partial charge in [0.25, 0.3) is 0 Å². The maximum absolute atomic E-state index is 12.5. The molecule has 1 N–H and O–H groups in total. The first kappa shape index (κ1) is 16.5. The first-order chi connectivity index (χ1) is 11.6. The summed E-state index contributed by atoms with van der Waals surface area (Å²) in [4.78, 5) is 40.1. The maximum atomic E-state index is 12.5. The van der Waals surface area contributed by atoms with Crippen LogP contribution in [0.4, 0.5) is 4.79 Å². The molecule has 6 nitrogen and oxygen atoms in total. The van der Waals surface area contributed by atoms with E-state index in [0.717, 1.165) is 12.0 Å². The van der Waals surface area contributed by atoms with E-state index in [9.17, 15) is 14.4 Å². The van der Waals surface area contributed by atoms with E-state index in [1.807, 2.05) is 37.3 Å². The average Bonchev–Trinajstić information content (AvgIpc) is 3.13. The van der Waals surface area contributed by atoms with E-state index < -0.39 is 0 Å². The van der Waals surface area contributed by atoms with Gasteiger partial charge in [0, 0.05) is 26.2 Å². The molecular weight excluding hydrogens is 306 g/mol. The van der Waals surface area contributed by atoms with Crippen LogP contribution in [-0.4, -0.2) is 53.8 Å². The lowest BCUT2D eigenvalue weighted by atomic mass is 10.00. The minimum Gasteiger partial charge on any atom is -0.338 e. The highest BCUT2D eigenvalue weighted by molar-refractivity contribution is 6.06. The lowest BCUT2D eigenvalue weighted by Gasteiger charge is -2.21. The minimum absolute atomic E-state index is 0.133. The molecule has 0 aromatic heterocycles. The highest BCUT2D eigenvalue weighted by Crippen LogP contribution is 2.33. The second kappa shape index (κ2) is 7.03. The van der Waals surface area contributed by atoms with Crippen LogP contribution in [0.1, 0.15) is 18.9 Å². The van der Waals surface area contributed by atoms with Crippen molar-refractivity contribution < 1.29 is 14.4 Å². The third kappa shape index (κ3) is 3.13. The Labute approximate surface area is 141 Å². The fourth-order valence-electron chi connectivity index (χ4n) is 3.43. The van der Waals surface area contributed by atoms with Crippen molar-refractivity contribution in [2.75, 3.05) is 26.2 Å². The summed E-state index contributed by atoms with van der Waals surface area (Å²) in [6, 6.07) is 9.65. The van der Waals surface area contributed by atoms with Crippen LogP contribution in [0.5, 0.6) is 0 Å². The molecule has 0 radical (unpaired) electrons. The van der Waals surface area contributed by atoms with Gasteiger partial charge in [-0.2, -0.15) is 0 Å². The lowest BCUT2D eigenvalue weighted by Crippen LogP contribution is -2.43. The summed E-state index contributed by atoms with van der Waals surface area (Å²) < 4.78 is 0. The first-order valence-corrected chi connectivity index (χ1v) is 8.53. The van der Waals surface area contributed by atoms with Gasteiger partial charge in [0.1, 0.15) is 0 Å². The zero-order chi connectivity index (χ0) is 17.1. The third-order valence-corrected chi connectivity index (χ3v) is 4.77. The number of nitrogens with zero attached hydrogens (tertiary/aromatic N) is 2. The topological polar surface area (TPSA) is 69.7 Å². The van der Waals surface area contributed by atoms with Crippen molar-refractivity contribution in [3.8, 4) is 0 Å². The lowest BCUT2D eigenvalue weighted by molar-refractivity contribution is -0.140. The smallest absolute Gasteiger partial charge is 0.317 e. The summed E-state index contributed by atoms with van der Waals surface area (Å²) in [5.41, 5.74) is 1.11. The number of urea groups is 1. The van der Waals surface area contributed by atoms with Crippen molar-refractivity contribution in [2.45, 2.75) is 19.8 Å². The van der Waals surface area contributed by atoms with Gasteiger partial charge in [-0.15, -0.1) is 0 Å². The number of amides is 4. The second-order valence-electron chi connectivity index (χ2n) is 6.41. The van der Waals surface area contributed by atoms with Crippen LogP contribution < -0.4 is 5.32 Å². The zero-order valence-electron chi connectivity index (χ0n) is 13.9. The van der Waals surface area contributed by atoms with Gasteiger partial charge in [0.05, 0.1) is 11.8 Å². The molecule has 2 fully saturated rings. The Morgan fingerprint density at radius 2 is 1.75 bits per heavy atom. The molecule has 6 heteroatoms. The monoisotopic (exact) mass is 329 g/mol. The van der Waals surface area contributed by atoms with Crippen LogP contribution in [0.3, 0.4) is 0 Å². The molecule has 0 unspecified atom stereocenters. The molecule has 2 aliphatic heterocycles. The van der Waals surface area contributed by atoms with Crippen molar-refractivity contribution in [1.82, 2.24) is 15.1 Å². The van der Waals surface area contributed by atoms with Crippen LogP contribution in [0.15, 0.2) is 30.3 Å². The van der Waals surface area contributed by atoms with E-state index in [1.54, 1.807) is 4.90 Å². The molecule has 4 amide bonds. The summed E-state index contributed by atoms with van der Waals surface area (Å²) in [6.45, 7) is 3.68. The number of rotatable bonds is 5. The Balaban J connectivity index is 1.59. The van der Waals surface area contributed by atoms with Crippen molar-refractivity contribution in [3.05, 3.63) is 35.9 Å². The zero-order valence-corrected chi connectivity index (χ0v) is 13.9. The molecular formula is C18H23N3O3. The van der Waals surface area contributed by atoms with Crippen LogP contribution in [-0.2, 0) is 16.0 Å². The summed E-state index contributed by atoms with van der Waals surface area (Å²) in [6.07, 6.45) is 1.52. The molecule has 0 aliphatic carbocycles. The Morgan fingerprint density at radius 3 is 2.33 bits per heavy atom. The highest BCUT2D eigenvalue weighted by Gasteiger charge is 2.52. The summed E-state index contributed by atoms with van der Waals surface area (Å²) in [5.74, 6) is -1.01. The van der Waals surface area contributed by atoms with Gasteiger partial charge in [-0.05, 0) is 18.4 Å². The SMILES string of the molecule is CCCNC(=O)N1C[C@@H]2C(=O)N(CCc3ccccc3)C(=O)[C@@H]2C1. The number of imide groups is 1. The van der Waals surface area contributed by atoms with Gasteiger partial charge in [0.15, 0.2) is 0 Å². The van der Waals surface area contributed by atoms with Gasteiger partial charge in [-0.25, -0.2) is 4.79 Å². The maximum Gasteiger partial charge on any atom is 0.317 e. The van der Waals surface area contributed by atoms with Gasteiger partial charge >= 0.3 is 6.03 Å². The summed E-state index contributed by atoms with van der Waals surface area (Å²) >= 11 is 0. The minimum atomic E-state index is -0.374. The molecule has 128 valence electrons. The second-order valence-corrected chi connectivity index (χ2v) is 6.41. The Bertz CT molecular complexity index is 608. The molecule has 24 heavy (non-hydrogen) atoms. The number of likely N-dealkylation sites (tertiary alicyclic amines) is 2. The van der Waals surface area contributed by atoms with E-state index in [2.05, 4.69) is 5.32 Å². The molecule has 2 atom stereocenters. The van der Waals surface area contributed by atoms with Crippen molar-refractivity contribution in [2.24, 2.45) is 11.8 Å². The number of carbonyl (C=O) groups is 3. The molecule has 2 saturated heterocycles. The van der Waals surface area contributed by atoms with E-state index in [1.165, 1.54) is 4.90 Å². The van der Waals surface area contributed by atoms with Gasteiger partial charge < -0.3 is 10.2 Å². The Hall–Kier alpha value is -2.37. The van der Waals surface area contributed by atoms with E-state index >= 15 is 0 Å². The molecule has 2 aliphatic rings. The van der Waals surface area contributed by atoms with Crippen LogP contribution in [0.2, 0.25) is 0 Å². The average molecular weight is 329 g/mol. The van der Waals surface area contributed by atoms with Crippen LogP contribution >= 0.6 is 0 Å². The largest absolute Gasteiger partial charge is 0.338 e. The third-order valence-electron chi connectivity index (χ3n) is 4.77. The normalized spacial score (nSPS) is 22.9. The van der Waals surface area contributed by atoms with Crippen LogP contribution in [0.25, 0.3) is 0 Å². The standard InChI is InChI=1S/C18H23N3O3/c1-2-9-19-18(24)20-11-14-15(12-20)17(23)21(16(14)22)10-8-13-6-4-3-5-7-13/h3-7,14-15H,2,8-12H2,1H3,(H,19,24)/t14-,15+. The number of nitrogens with one attached hydrogen (secondary N) is 1. The van der Waals surface area contributed by atoms with Crippen molar-refractivity contribution in [1.29, 1.82) is 0 Å². The number of hydrogen-bond donors (Lipinski definition) is 1. The van der Waals surface area contributed by atoms with Crippen molar-refractivity contribution in [3.63, 3.8) is 0 Å². The van der Waals surface area contributed by atoms with Crippen LogP contribution in [0, 0.1) is 11.8 Å². The number of fused-ring (bicyclic) bond motifs is 1. The Kier molecular flexibility index (Phi) is 4.83. The predicted octanol–water partition coefficient (Wildman–Crippen LogP) is 1.27. The fourth-order valence-corrected chi connectivity index (χ4v) is 3.43. The molecule has 0 bridgehead atoms. The van der Waals surface area contributed by atoms with Gasteiger partial charge in [-0.3, -0.25) is 14.5 Å². The van der Waals surface area contributed by atoms with Gasteiger partial charge in [-0.1, -0.05) is 37.3 Å². The molecule has 0 saturated carbocycles. The van der Waals surface area contributed by atoms with E-state index in [-0.39, 0.29) is 29.7 Å². The van der Waals surface area contributed by atoms with Crippen molar-refractivity contribution >= 4 is 17.8 Å². The molecule has 0 spiro atoms. The number of benzene rings is 1. The quantitative estimate of drug-likeness (QED) is 0.827. The summed E-state index contributed by atoms with van der Waals surface area (Å²) in [7, 11) is 0. The molecule has 3 rings (SSSR count). The highest BCUT2D eigenvalue weighted by atomic mass is 16.2.